The molecular weight excluding hydrogens is 190 g/mol. The first-order valence-electron chi connectivity index (χ1n) is 5.56. The van der Waals surface area contributed by atoms with E-state index in [1.807, 2.05) is 20.0 Å². The standard InChI is InChI=1S/C12H19NO2/c1-8-4-5-11(15-8)12(13-3)10-6-9(2)14-7-10/h4-5,9-10,12-13H,6-7H2,1-3H3. The highest BCUT2D eigenvalue weighted by Crippen LogP contribution is 2.32. The van der Waals surface area contributed by atoms with E-state index in [1.165, 1.54) is 0 Å². The zero-order valence-electron chi connectivity index (χ0n) is 9.62. The predicted octanol–water partition coefficient (Wildman–Crippen LogP) is 2.27. The van der Waals surface area contributed by atoms with E-state index in [4.69, 9.17) is 9.15 Å². The summed E-state index contributed by atoms with van der Waals surface area (Å²) in [6.07, 6.45) is 1.48. The van der Waals surface area contributed by atoms with Crippen molar-refractivity contribution in [1.29, 1.82) is 0 Å². The minimum Gasteiger partial charge on any atom is -0.465 e. The highest BCUT2D eigenvalue weighted by molar-refractivity contribution is 5.11. The Labute approximate surface area is 90.8 Å². The summed E-state index contributed by atoms with van der Waals surface area (Å²) >= 11 is 0. The van der Waals surface area contributed by atoms with Gasteiger partial charge in [-0.25, -0.2) is 0 Å². The van der Waals surface area contributed by atoms with Crippen LogP contribution >= 0.6 is 0 Å². The highest BCUT2D eigenvalue weighted by atomic mass is 16.5. The zero-order chi connectivity index (χ0) is 10.8. The number of hydrogen-bond donors (Lipinski definition) is 1. The van der Waals surface area contributed by atoms with E-state index in [9.17, 15) is 0 Å². The fraction of sp³-hybridized carbons (Fsp3) is 0.667. The lowest BCUT2D eigenvalue weighted by molar-refractivity contribution is 0.116. The van der Waals surface area contributed by atoms with Gasteiger partial charge >= 0.3 is 0 Å². The Bertz CT molecular complexity index is 321. The molecule has 1 N–H and O–H groups in total. The van der Waals surface area contributed by atoms with Crippen LogP contribution < -0.4 is 5.32 Å². The number of hydrogen-bond acceptors (Lipinski definition) is 3. The normalized spacial score (nSPS) is 28.2. The largest absolute Gasteiger partial charge is 0.465 e. The fourth-order valence-electron chi connectivity index (χ4n) is 2.31. The molecule has 3 nitrogen and oxygen atoms in total. The van der Waals surface area contributed by atoms with Crippen LogP contribution in [-0.2, 0) is 4.74 Å². The van der Waals surface area contributed by atoms with E-state index in [0.29, 0.717) is 12.0 Å². The van der Waals surface area contributed by atoms with Crippen molar-refractivity contribution < 1.29 is 9.15 Å². The maximum atomic E-state index is 5.67. The Kier molecular flexibility index (Phi) is 3.12. The molecule has 0 saturated carbocycles. The van der Waals surface area contributed by atoms with E-state index >= 15 is 0 Å². The molecule has 0 radical (unpaired) electrons. The van der Waals surface area contributed by atoms with E-state index in [-0.39, 0.29) is 6.04 Å². The quantitative estimate of drug-likeness (QED) is 0.829. The molecule has 1 aliphatic rings. The smallest absolute Gasteiger partial charge is 0.121 e. The molecule has 0 aromatic carbocycles. The first kappa shape index (κ1) is 10.7. The first-order valence-corrected chi connectivity index (χ1v) is 5.56. The summed E-state index contributed by atoms with van der Waals surface area (Å²) in [7, 11) is 1.98. The van der Waals surface area contributed by atoms with Gasteiger partial charge in [0, 0.05) is 5.92 Å². The molecule has 84 valence electrons. The van der Waals surface area contributed by atoms with Crippen LogP contribution in [0.25, 0.3) is 0 Å². The Morgan fingerprint density at radius 3 is 2.73 bits per heavy atom. The fourth-order valence-corrected chi connectivity index (χ4v) is 2.31. The van der Waals surface area contributed by atoms with Crippen LogP contribution in [0, 0.1) is 12.8 Å². The monoisotopic (exact) mass is 209 g/mol. The molecular formula is C12H19NO2. The maximum absolute atomic E-state index is 5.67. The maximum Gasteiger partial charge on any atom is 0.121 e. The highest BCUT2D eigenvalue weighted by Gasteiger charge is 2.31. The molecule has 0 amide bonds. The van der Waals surface area contributed by atoms with Gasteiger partial charge in [0.2, 0.25) is 0 Å². The summed E-state index contributed by atoms with van der Waals surface area (Å²) in [6.45, 7) is 4.93. The number of furan rings is 1. The lowest BCUT2D eigenvalue weighted by Crippen LogP contribution is -2.25. The predicted molar refractivity (Wildman–Crippen MR) is 58.8 cm³/mol. The molecule has 15 heavy (non-hydrogen) atoms. The van der Waals surface area contributed by atoms with Crippen molar-refractivity contribution in [2.45, 2.75) is 32.4 Å². The van der Waals surface area contributed by atoms with Crippen LogP contribution in [0.4, 0.5) is 0 Å². The third-order valence-electron chi connectivity index (χ3n) is 3.08. The summed E-state index contributed by atoms with van der Waals surface area (Å²) in [4.78, 5) is 0. The van der Waals surface area contributed by atoms with Gasteiger partial charge in [-0.3, -0.25) is 0 Å². The third kappa shape index (κ3) is 2.24. The van der Waals surface area contributed by atoms with Gasteiger partial charge in [-0.05, 0) is 39.4 Å². The van der Waals surface area contributed by atoms with Crippen molar-refractivity contribution in [3.8, 4) is 0 Å². The Balaban J connectivity index is 2.10. The molecule has 1 saturated heterocycles. The Morgan fingerprint density at radius 2 is 2.27 bits per heavy atom. The molecule has 2 rings (SSSR count). The molecule has 2 heterocycles. The van der Waals surface area contributed by atoms with Crippen molar-refractivity contribution >= 4 is 0 Å². The summed E-state index contributed by atoms with van der Waals surface area (Å²) < 4.78 is 11.3. The minimum atomic E-state index is 0.281. The Hall–Kier alpha value is -0.800. The average molecular weight is 209 g/mol. The molecule has 3 atom stereocenters. The zero-order valence-corrected chi connectivity index (χ0v) is 9.62. The van der Waals surface area contributed by atoms with E-state index in [0.717, 1.165) is 24.5 Å². The molecule has 3 heteroatoms. The third-order valence-corrected chi connectivity index (χ3v) is 3.08. The lowest BCUT2D eigenvalue weighted by atomic mass is 9.95. The van der Waals surface area contributed by atoms with Crippen molar-refractivity contribution in [2.24, 2.45) is 5.92 Å². The molecule has 0 spiro atoms. The molecule has 0 bridgehead atoms. The van der Waals surface area contributed by atoms with Crippen LogP contribution in [0.1, 0.15) is 30.9 Å². The van der Waals surface area contributed by atoms with Gasteiger partial charge in [-0.1, -0.05) is 0 Å². The molecule has 1 aromatic heterocycles. The topological polar surface area (TPSA) is 34.4 Å². The van der Waals surface area contributed by atoms with Crippen LogP contribution in [-0.4, -0.2) is 19.8 Å². The first-order chi connectivity index (χ1) is 7.20. The second-order valence-electron chi connectivity index (χ2n) is 4.35. The van der Waals surface area contributed by atoms with Crippen LogP contribution in [0.3, 0.4) is 0 Å². The van der Waals surface area contributed by atoms with Gasteiger partial charge < -0.3 is 14.5 Å². The Morgan fingerprint density at radius 1 is 1.47 bits per heavy atom. The minimum absolute atomic E-state index is 0.281. The van der Waals surface area contributed by atoms with Crippen molar-refractivity contribution in [2.75, 3.05) is 13.7 Å². The van der Waals surface area contributed by atoms with Gasteiger partial charge in [-0.15, -0.1) is 0 Å². The number of aryl methyl sites for hydroxylation is 1. The molecule has 1 aromatic rings. The van der Waals surface area contributed by atoms with E-state index in [1.54, 1.807) is 0 Å². The van der Waals surface area contributed by atoms with Gasteiger partial charge in [0.05, 0.1) is 18.8 Å². The number of ether oxygens (including phenoxy) is 1. The van der Waals surface area contributed by atoms with Crippen LogP contribution in [0.15, 0.2) is 16.5 Å². The molecule has 1 aliphatic heterocycles. The van der Waals surface area contributed by atoms with Crippen LogP contribution in [0.2, 0.25) is 0 Å². The summed E-state index contributed by atoms with van der Waals surface area (Å²) in [5.74, 6) is 2.52. The SMILES string of the molecule is CNC(c1ccc(C)o1)C1COC(C)C1. The summed E-state index contributed by atoms with van der Waals surface area (Å²) in [5, 5.41) is 3.32. The van der Waals surface area contributed by atoms with E-state index in [2.05, 4.69) is 18.3 Å². The van der Waals surface area contributed by atoms with E-state index < -0.39 is 0 Å². The van der Waals surface area contributed by atoms with Crippen LogP contribution in [0.5, 0.6) is 0 Å². The molecule has 1 fully saturated rings. The number of nitrogens with one attached hydrogen (secondary N) is 1. The van der Waals surface area contributed by atoms with Gasteiger partial charge in [0.15, 0.2) is 0 Å². The van der Waals surface area contributed by atoms with Crippen molar-refractivity contribution in [1.82, 2.24) is 5.32 Å². The molecule has 0 aliphatic carbocycles. The second-order valence-corrected chi connectivity index (χ2v) is 4.35. The summed E-state index contributed by atoms with van der Waals surface area (Å²) in [5.41, 5.74) is 0. The average Bonchev–Trinajstić information content (AvgIpc) is 2.78. The number of rotatable bonds is 3. The van der Waals surface area contributed by atoms with Crippen molar-refractivity contribution in [3.05, 3.63) is 23.7 Å². The van der Waals surface area contributed by atoms with Crippen molar-refractivity contribution in [3.63, 3.8) is 0 Å². The lowest BCUT2D eigenvalue weighted by Gasteiger charge is -2.19. The summed E-state index contributed by atoms with van der Waals surface area (Å²) in [6, 6.07) is 4.35. The second kappa shape index (κ2) is 4.37. The van der Waals surface area contributed by atoms with Gasteiger partial charge in [-0.2, -0.15) is 0 Å². The van der Waals surface area contributed by atoms with Gasteiger partial charge in [0.25, 0.3) is 0 Å². The molecule has 3 unspecified atom stereocenters. The van der Waals surface area contributed by atoms with Gasteiger partial charge in [0.1, 0.15) is 11.5 Å².